The number of pyridine rings is 1. The second-order valence-electron chi connectivity index (χ2n) is 7.08. The van der Waals surface area contributed by atoms with Crippen molar-refractivity contribution >= 4 is 16.9 Å². The van der Waals surface area contributed by atoms with Gasteiger partial charge in [-0.05, 0) is 39.0 Å². The number of aromatic nitrogens is 3. The Balaban J connectivity index is 1.48. The van der Waals surface area contributed by atoms with Crippen LogP contribution in [0.3, 0.4) is 0 Å². The SMILES string of the molecule is CC(C)(C)OCCOc1ccc(C(=O)NCc2nc3ccccc3[nH]2)cn1. The maximum Gasteiger partial charge on any atom is 0.253 e. The molecule has 0 saturated heterocycles. The summed E-state index contributed by atoms with van der Waals surface area (Å²) in [6, 6.07) is 11.1. The first kappa shape index (κ1) is 18.8. The van der Waals surface area contributed by atoms with Crippen LogP contribution in [0.5, 0.6) is 5.88 Å². The fourth-order valence-electron chi connectivity index (χ4n) is 2.45. The van der Waals surface area contributed by atoms with Crippen molar-refractivity contribution in [2.45, 2.75) is 32.9 Å². The minimum absolute atomic E-state index is 0.196. The maximum absolute atomic E-state index is 12.3. The van der Waals surface area contributed by atoms with E-state index in [9.17, 15) is 4.79 Å². The Morgan fingerprint density at radius 2 is 1.96 bits per heavy atom. The van der Waals surface area contributed by atoms with Crippen molar-refractivity contribution in [1.29, 1.82) is 0 Å². The van der Waals surface area contributed by atoms with Crippen molar-refractivity contribution in [3.05, 3.63) is 54.0 Å². The van der Waals surface area contributed by atoms with Gasteiger partial charge < -0.3 is 19.8 Å². The third kappa shape index (κ3) is 5.52. The van der Waals surface area contributed by atoms with Crippen LogP contribution >= 0.6 is 0 Å². The normalized spacial score (nSPS) is 11.5. The predicted molar refractivity (Wildman–Crippen MR) is 103 cm³/mol. The lowest BCUT2D eigenvalue weighted by Crippen LogP contribution is -2.23. The fourth-order valence-corrected chi connectivity index (χ4v) is 2.45. The molecule has 3 aromatic rings. The van der Waals surface area contributed by atoms with E-state index >= 15 is 0 Å². The highest BCUT2D eigenvalue weighted by Gasteiger charge is 2.10. The number of ether oxygens (including phenoxy) is 2. The summed E-state index contributed by atoms with van der Waals surface area (Å²) in [5.41, 5.74) is 2.09. The number of aromatic amines is 1. The number of imidazole rings is 1. The number of nitrogens with one attached hydrogen (secondary N) is 2. The Bertz CT molecular complexity index is 864. The molecule has 0 radical (unpaired) electrons. The number of benzene rings is 1. The lowest BCUT2D eigenvalue weighted by molar-refractivity contribution is -0.0168. The zero-order valence-corrected chi connectivity index (χ0v) is 15.8. The van der Waals surface area contributed by atoms with Gasteiger partial charge in [0.05, 0.1) is 35.3 Å². The van der Waals surface area contributed by atoms with Crippen LogP contribution in [0.1, 0.15) is 37.0 Å². The highest BCUT2D eigenvalue weighted by atomic mass is 16.5. The number of amides is 1. The van der Waals surface area contributed by atoms with Crippen molar-refractivity contribution in [3.8, 4) is 5.88 Å². The molecular formula is C20H24N4O3. The van der Waals surface area contributed by atoms with Crippen LogP contribution in [-0.4, -0.2) is 39.7 Å². The number of carbonyl (C=O) groups excluding carboxylic acids is 1. The lowest BCUT2D eigenvalue weighted by atomic mass is 10.2. The zero-order valence-electron chi connectivity index (χ0n) is 15.8. The first-order valence-electron chi connectivity index (χ1n) is 8.85. The van der Waals surface area contributed by atoms with E-state index in [0.717, 1.165) is 11.0 Å². The van der Waals surface area contributed by atoms with E-state index in [2.05, 4.69) is 20.3 Å². The fraction of sp³-hybridized carbons (Fsp3) is 0.350. The number of fused-ring (bicyclic) bond motifs is 1. The van der Waals surface area contributed by atoms with Crippen LogP contribution in [0.15, 0.2) is 42.6 Å². The summed E-state index contributed by atoms with van der Waals surface area (Å²) in [5, 5.41) is 2.83. The summed E-state index contributed by atoms with van der Waals surface area (Å²) in [7, 11) is 0. The van der Waals surface area contributed by atoms with Gasteiger partial charge >= 0.3 is 0 Å². The van der Waals surface area contributed by atoms with Gasteiger partial charge in [-0.2, -0.15) is 0 Å². The van der Waals surface area contributed by atoms with Gasteiger partial charge in [-0.25, -0.2) is 9.97 Å². The second-order valence-corrected chi connectivity index (χ2v) is 7.08. The average Bonchev–Trinajstić information content (AvgIpc) is 3.06. The van der Waals surface area contributed by atoms with Crippen molar-refractivity contribution in [1.82, 2.24) is 20.3 Å². The van der Waals surface area contributed by atoms with Gasteiger partial charge in [0.2, 0.25) is 5.88 Å². The third-order valence-electron chi connectivity index (χ3n) is 3.72. The third-order valence-corrected chi connectivity index (χ3v) is 3.72. The molecule has 2 heterocycles. The van der Waals surface area contributed by atoms with Gasteiger partial charge in [-0.3, -0.25) is 4.79 Å². The summed E-state index contributed by atoms with van der Waals surface area (Å²) >= 11 is 0. The summed E-state index contributed by atoms with van der Waals surface area (Å²) in [5.74, 6) is 0.947. The van der Waals surface area contributed by atoms with E-state index in [1.54, 1.807) is 12.1 Å². The molecule has 0 atom stereocenters. The average molecular weight is 368 g/mol. The molecule has 0 aliphatic heterocycles. The molecule has 1 amide bonds. The molecule has 0 saturated carbocycles. The quantitative estimate of drug-likeness (QED) is 0.626. The highest BCUT2D eigenvalue weighted by molar-refractivity contribution is 5.93. The highest BCUT2D eigenvalue weighted by Crippen LogP contribution is 2.11. The largest absolute Gasteiger partial charge is 0.475 e. The number of hydrogen-bond acceptors (Lipinski definition) is 5. The zero-order chi connectivity index (χ0) is 19.3. The van der Waals surface area contributed by atoms with Crippen LogP contribution in [-0.2, 0) is 11.3 Å². The Hall–Kier alpha value is -2.93. The smallest absolute Gasteiger partial charge is 0.253 e. The molecular weight excluding hydrogens is 344 g/mol. The molecule has 7 nitrogen and oxygen atoms in total. The van der Waals surface area contributed by atoms with E-state index in [1.165, 1.54) is 6.20 Å². The Morgan fingerprint density at radius 3 is 2.67 bits per heavy atom. The van der Waals surface area contributed by atoms with E-state index < -0.39 is 0 Å². The molecule has 0 spiro atoms. The van der Waals surface area contributed by atoms with Crippen molar-refractivity contribution in [2.75, 3.05) is 13.2 Å². The summed E-state index contributed by atoms with van der Waals surface area (Å²) in [4.78, 5) is 24.0. The van der Waals surface area contributed by atoms with E-state index in [1.807, 2.05) is 45.0 Å². The number of nitrogens with zero attached hydrogens (tertiary/aromatic N) is 2. The van der Waals surface area contributed by atoms with Crippen molar-refractivity contribution < 1.29 is 14.3 Å². The van der Waals surface area contributed by atoms with Gasteiger partial charge in [0.1, 0.15) is 12.4 Å². The summed E-state index contributed by atoms with van der Waals surface area (Å²) < 4.78 is 11.1. The molecule has 0 aliphatic carbocycles. The van der Waals surface area contributed by atoms with Crippen molar-refractivity contribution in [2.24, 2.45) is 0 Å². The van der Waals surface area contributed by atoms with Gasteiger partial charge in [0.15, 0.2) is 0 Å². The standard InChI is InChI=1S/C20H24N4O3/c1-20(2,3)27-11-10-26-18-9-8-14(12-21-18)19(25)22-13-17-23-15-6-4-5-7-16(15)24-17/h4-9,12H,10-11,13H2,1-3H3,(H,22,25)(H,23,24). The molecule has 1 aromatic carbocycles. The van der Waals surface area contributed by atoms with E-state index in [4.69, 9.17) is 9.47 Å². The van der Waals surface area contributed by atoms with Crippen LogP contribution in [0, 0.1) is 0 Å². The second kappa shape index (κ2) is 8.18. The molecule has 27 heavy (non-hydrogen) atoms. The van der Waals surface area contributed by atoms with Crippen LogP contribution < -0.4 is 10.1 Å². The maximum atomic E-state index is 12.3. The molecule has 0 fully saturated rings. The Kier molecular flexibility index (Phi) is 5.71. The molecule has 7 heteroatoms. The molecule has 3 rings (SSSR count). The first-order chi connectivity index (χ1) is 12.9. The predicted octanol–water partition coefficient (Wildman–Crippen LogP) is 3.08. The van der Waals surface area contributed by atoms with Gasteiger partial charge in [0.25, 0.3) is 5.91 Å². The van der Waals surface area contributed by atoms with Crippen molar-refractivity contribution in [3.63, 3.8) is 0 Å². The minimum Gasteiger partial charge on any atom is -0.475 e. The van der Waals surface area contributed by atoms with Gasteiger partial charge in [-0.1, -0.05) is 12.1 Å². The molecule has 142 valence electrons. The molecule has 2 N–H and O–H groups in total. The monoisotopic (exact) mass is 368 g/mol. The minimum atomic E-state index is -0.217. The molecule has 0 aliphatic rings. The number of rotatable bonds is 7. The summed E-state index contributed by atoms with van der Waals surface area (Å²) in [6.45, 7) is 7.17. The molecule has 0 bridgehead atoms. The molecule has 2 aromatic heterocycles. The molecule has 0 unspecified atom stereocenters. The number of para-hydroxylation sites is 2. The van der Waals surface area contributed by atoms with E-state index in [-0.39, 0.29) is 11.5 Å². The number of hydrogen-bond donors (Lipinski definition) is 2. The number of H-pyrrole nitrogens is 1. The van der Waals surface area contributed by atoms with Crippen LogP contribution in [0.4, 0.5) is 0 Å². The van der Waals surface area contributed by atoms with Gasteiger partial charge in [0, 0.05) is 12.3 Å². The van der Waals surface area contributed by atoms with Gasteiger partial charge in [-0.15, -0.1) is 0 Å². The lowest BCUT2D eigenvalue weighted by Gasteiger charge is -2.19. The van der Waals surface area contributed by atoms with Crippen LogP contribution in [0.25, 0.3) is 11.0 Å². The van der Waals surface area contributed by atoms with E-state index in [0.29, 0.717) is 37.0 Å². The Morgan fingerprint density at radius 1 is 1.15 bits per heavy atom. The topological polar surface area (TPSA) is 89.1 Å². The van der Waals surface area contributed by atoms with Crippen LogP contribution in [0.2, 0.25) is 0 Å². The summed E-state index contributed by atoms with van der Waals surface area (Å²) in [6.07, 6.45) is 1.49. The number of carbonyl (C=O) groups is 1. The first-order valence-corrected chi connectivity index (χ1v) is 8.85. The Labute approximate surface area is 158 Å².